The number of carbonyl (C=O) groups is 1. The average molecular weight is 364 g/mol. The van der Waals surface area contributed by atoms with Crippen molar-refractivity contribution in [3.8, 4) is 0 Å². The van der Waals surface area contributed by atoms with Crippen molar-refractivity contribution in [1.82, 2.24) is 4.31 Å². The largest absolute Gasteiger partial charge is 0.468 e. The van der Waals surface area contributed by atoms with Crippen LogP contribution in [0.25, 0.3) is 0 Å². The highest BCUT2D eigenvalue weighted by molar-refractivity contribution is 9.10. The molecule has 2 atom stereocenters. The second-order valence-corrected chi connectivity index (χ2v) is 7.26. The molecule has 1 aliphatic heterocycles. The molecule has 2 unspecified atom stereocenters. The van der Waals surface area contributed by atoms with Crippen LogP contribution in [0.1, 0.15) is 6.42 Å². The number of hydrogen-bond donors (Lipinski definition) is 1. The van der Waals surface area contributed by atoms with Gasteiger partial charge in [-0.2, -0.15) is 4.31 Å². The summed E-state index contributed by atoms with van der Waals surface area (Å²) in [6, 6.07) is 5.11. The molecule has 1 aromatic carbocycles. The van der Waals surface area contributed by atoms with Crippen LogP contribution in [0.15, 0.2) is 33.6 Å². The van der Waals surface area contributed by atoms with Crippen molar-refractivity contribution < 1.29 is 23.1 Å². The lowest BCUT2D eigenvalue weighted by Crippen LogP contribution is -2.41. The molecule has 1 saturated heterocycles. The fourth-order valence-electron chi connectivity index (χ4n) is 2.14. The fraction of sp³-hybridized carbons (Fsp3) is 0.417. The van der Waals surface area contributed by atoms with E-state index in [1.807, 2.05) is 0 Å². The fourth-order valence-corrected chi connectivity index (χ4v) is 4.03. The molecule has 0 saturated carbocycles. The maximum absolute atomic E-state index is 12.5. The standard InChI is InChI=1S/C12H14BrNO5S/c1-19-12(16)11-6-9(15)7-14(11)20(17,18)10-4-2-8(13)3-5-10/h2-5,9,11,15H,6-7H2,1H3. The number of esters is 1. The van der Waals surface area contributed by atoms with Gasteiger partial charge in [0.2, 0.25) is 10.0 Å². The first-order chi connectivity index (χ1) is 9.36. The van der Waals surface area contributed by atoms with Gasteiger partial charge in [-0.25, -0.2) is 8.42 Å². The second kappa shape index (κ2) is 5.80. The first-order valence-electron chi connectivity index (χ1n) is 5.89. The van der Waals surface area contributed by atoms with Crippen molar-refractivity contribution in [2.24, 2.45) is 0 Å². The Morgan fingerprint density at radius 2 is 2.00 bits per heavy atom. The number of ether oxygens (including phenoxy) is 1. The van der Waals surface area contributed by atoms with Gasteiger partial charge in [-0.15, -0.1) is 0 Å². The van der Waals surface area contributed by atoms with Gasteiger partial charge in [-0.1, -0.05) is 15.9 Å². The van der Waals surface area contributed by atoms with Crippen LogP contribution < -0.4 is 0 Å². The smallest absolute Gasteiger partial charge is 0.324 e. The minimum atomic E-state index is -3.84. The molecule has 1 N–H and O–H groups in total. The van der Waals surface area contributed by atoms with Gasteiger partial charge in [0, 0.05) is 17.4 Å². The lowest BCUT2D eigenvalue weighted by molar-refractivity contribution is -0.144. The number of rotatable bonds is 3. The van der Waals surface area contributed by atoms with E-state index >= 15 is 0 Å². The van der Waals surface area contributed by atoms with Crippen LogP contribution in [-0.2, 0) is 19.6 Å². The van der Waals surface area contributed by atoms with Gasteiger partial charge in [0.15, 0.2) is 0 Å². The average Bonchev–Trinajstić information content (AvgIpc) is 2.81. The Bertz CT molecular complexity index is 601. The number of methoxy groups -OCH3 is 1. The van der Waals surface area contributed by atoms with Crippen molar-refractivity contribution >= 4 is 31.9 Å². The SMILES string of the molecule is COC(=O)C1CC(O)CN1S(=O)(=O)c1ccc(Br)cc1. The molecule has 0 spiro atoms. The number of aliphatic hydroxyl groups is 1. The van der Waals surface area contributed by atoms with Gasteiger partial charge in [-0.3, -0.25) is 4.79 Å². The Hall–Kier alpha value is -0.960. The number of carbonyl (C=O) groups excluding carboxylic acids is 1. The number of benzene rings is 1. The zero-order valence-electron chi connectivity index (χ0n) is 10.7. The van der Waals surface area contributed by atoms with Crippen molar-refractivity contribution in [3.05, 3.63) is 28.7 Å². The van der Waals surface area contributed by atoms with Crippen LogP contribution in [0.5, 0.6) is 0 Å². The maximum atomic E-state index is 12.5. The third-order valence-electron chi connectivity index (χ3n) is 3.13. The monoisotopic (exact) mass is 363 g/mol. The predicted octanol–water partition coefficient (Wildman–Crippen LogP) is 0.746. The summed E-state index contributed by atoms with van der Waals surface area (Å²) in [6.45, 7) is -0.113. The highest BCUT2D eigenvalue weighted by Crippen LogP contribution is 2.27. The number of hydrogen-bond acceptors (Lipinski definition) is 5. The van der Waals surface area contributed by atoms with E-state index < -0.39 is 28.1 Å². The molecule has 1 aromatic rings. The number of aliphatic hydroxyl groups excluding tert-OH is 1. The number of halogens is 1. The maximum Gasteiger partial charge on any atom is 0.324 e. The zero-order valence-corrected chi connectivity index (χ0v) is 13.1. The van der Waals surface area contributed by atoms with Crippen LogP contribution in [0, 0.1) is 0 Å². The molecule has 20 heavy (non-hydrogen) atoms. The summed E-state index contributed by atoms with van der Waals surface area (Å²) in [5, 5.41) is 9.65. The van der Waals surface area contributed by atoms with Crippen LogP contribution in [0.2, 0.25) is 0 Å². The number of nitrogens with zero attached hydrogens (tertiary/aromatic N) is 1. The molecular weight excluding hydrogens is 350 g/mol. The molecule has 6 nitrogen and oxygen atoms in total. The molecule has 1 aliphatic rings. The first-order valence-corrected chi connectivity index (χ1v) is 8.13. The van der Waals surface area contributed by atoms with Crippen LogP contribution in [-0.4, -0.2) is 49.6 Å². The normalized spacial score (nSPS) is 23.8. The van der Waals surface area contributed by atoms with Gasteiger partial charge in [0.05, 0.1) is 18.1 Å². The summed E-state index contributed by atoms with van der Waals surface area (Å²) in [5.74, 6) is -0.665. The minimum absolute atomic E-state index is 0.0441. The van der Waals surface area contributed by atoms with E-state index in [4.69, 9.17) is 0 Å². The number of β-amino-alcohol motifs (C(OH)–C–C–N with tert-alkyl or cyclic N) is 1. The van der Waals surface area contributed by atoms with E-state index in [-0.39, 0.29) is 17.9 Å². The summed E-state index contributed by atoms with van der Waals surface area (Å²) in [6.07, 6.45) is -0.827. The molecule has 0 radical (unpaired) electrons. The molecule has 110 valence electrons. The lowest BCUT2D eigenvalue weighted by Gasteiger charge is -2.21. The predicted molar refractivity (Wildman–Crippen MR) is 74.5 cm³/mol. The van der Waals surface area contributed by atoms with Crippen molar-refractivity contribution in [1.29, 1.82) is 0 Å². The molecule has 8 heteroatoms. The van der Waals surface area contributed by atoms with Gasteiger partial charge in [-0.05, 0) is 24.3 Å². The van der Waals surface area contributed by atoms with Crippen molar-refractivity contribution in [3.63, 3.8) is 0 Å². The molecule has 2 rings (SSSR count). The van der Waals surface area contributed by atoms with Crippen molar-refractivity contribution in [2.45, 2.75) is 23.5 Å². The second-order valence-electron chi connectivity index (χ2n) is 4.46. The molecule has 0 aliphatic carbocycles. The molecule has 1 heterocycles. The summed E-state index contributed by atoms with van der Waals surface area (Å²) < 4.78 is 31.4. The van der Waals surface area contributed by atoms with E-state index in [0.717, 1.165) is 8.78 Å². The lowest BCUT2D eigenvalue weighted by atomic mass is 10.2. The van der Waals surface area contributed by atoms with Gasteiger partial charge in [0.1, 0.15) is 6.04 Å². The van der Waals surface area contributed by atoms with E-state index in [1.165, 1.54) is 19.2 Å². The Balaban J connectivity index is 2.37. The van der Waals surface area contributed by atoms with E-state index in [9.17, 15) is 18.3 Å². The Kier molecular flexibility index (Phi) is 4.48. The van der Waals surface area contributed by atoms with E-state index in [2.05, 4.69) is 20.7 Å². The highest BCUT2D eigenvalue weighted by atomic mass is 79.9. The molecule has 1 fully saturated rings. The van der Waals surface area contributed by atoms with Gasteiger partial charge < -0.3 is 9.84 Å². The van der Waals surface area contributed by atoms with Gasteiger partial charge >= 0.3 is 5.97 Å². The third kappa shape index (κ3) is 2.88. The van der Waals surface area contributed by atoms with E-state index in [0.29, 0.717) is 0 Å². The highest BCUT2D eigenvalue weighted by Gasteiger charge is 2.44. The quantitative estimate of drug-likeness (QED) is 0.801. The van der Waals surface area contributed by atoms with Gasteiger partial charge in [0.25, 0.3) is 0 Å². The number of sulfonamides is 1. The molecule has 0 aromatic heterocycles. The first kappa shape index (κ1) is 15.4. The Morgan fingerprint density at radius 3 is 2.55 bits per heavy atom. The van der Waals surface area contributed by atoms with E-state index in [1.54, 1.807) is 12.1 Å². The minimum Gasteiger partial charge on any atom is -0.468 e. The van der Waals surface area contributed by atoms with Crippen LogP contribution in [0.3, 0.4) is 0 Å². The molecule has 0 bridgehead atoms. The third-order valence-corrected chi connectivity index (χ3v) is 5.54. The topological polar surface area (TPSA) is 83.9 Å². The molecule has 0 amide bonds. The zero-order chi connectivity index (χ0) is 14.9. The van der Waals surface area contributed by atoms with Crippen molar-refractivity contribution in [2.75, 3.05) is 13.7 Å². The van der Waals surface area contributed by atoms with Crippen LogP contribution >= 0.6 is 15.9 Å². The summed E-state index contributed by atoms with van der Waals surface area (Å²) >= 11 is 3.23. The Labute approximate surface area is 125 Å². The van der Waals surface area contributed by atoms with Crippen LogP contribution in [0.4, 0.5) is 0 Å². The summed E-state index contributed by atoms with van der Waals surface area (Å²) in [4.78, 5) is 11.7. The summed E-state index contributed by atoms with van der Waals surface area (Å²) in [7, 11) is -2.65. The molecular formula is C12H14BrNO5S. The summed E-state index contributed by atoms with van der Waals surface area (Å²) in [5.41, 5.74) is 0. The Morgan fingerprint density at radius 1 is 1.40 bits per heavy atom.